The van der Waals surface area contributed by atoms with Crippen molar-refractivity contribution in [1.29, 1.82) is 0 Å². The summed E-state index contributed by atoms with van der Waals surface area (Å²) in [6.45, 7) is 0.743. The predicted octanol–water partition coefficient (Wildman–Crippen LogP) is 2.69. The van der Waals surface area contributed by atoms with E-state index in [2.05, 4.69) is 10.6 Å². The van der Waals surface area contributed by atoms with Gasteiger partial charge in [-0.1, -0.05) is 12.8 Å². The molecule has 0 saturated heterocycles. The molecule has 0 atom stereocenters. The third-order valence-corrected chi connectivity index (χ3v) is 3.64. The minimum Gasteiger partial charge on any atom is -0.493 e. The smallest absolute Gasteiger partial charge is 0.319 e. The maximum absolute atomic E-state index is 11.8. The molecule has 18 heavy (non-hydrogen) atoms. The Morgan fingerprint density at radius 2 is 2.11 bits per heavy atom. The lowest BCUT2D eigenvalue weighted by Gasteiger charge is -2.13. The maximum atomic E-state index is 11.8. The molecule has 1 aliphatic heterocycles. The Bertz CT molecular complexity index is 453. The average molecular weight is 246 g/mol. The van der Waals surface area contributed by atoms with Crippen LogP contribution in [0.1, 0.15) is 31.2 Å². The van der Waals surface area contributed by atoms with Crippen LogP contribution in [0.3, 0.4) is 0 Å². The van der Waals surface area contributed by atoms with Crippen molar-refractivity contribution in [3.05, 3.63) is 23.8 Å². The second-order valence-electron chi connectivity index (χ2n) is 5.00. The van der Waals surface area contributed by atoms with Crippen LogP contribution >= 0.6 is 0 Å². The third kappa shape index (κ3) is 2.42. The summed E-state index contributed by atoms with van der Waals surface area (Å²) < 4.78 is 5.44. The van der Waals surface area contributed by atoms with Crippen LogP contribution in [0.4, 0.5) is 10.5 Å². The van der Waals surface area contributed by atoms with E-state index in [-0.39, 0.29) is 6.03 Å². The summed E-state index contributed by atoms with van der Waals surface area (Å²) in [5.41, 5.74) is 2.02. The van der Waals surface area contributed by atoms with Crippen molar-refractivity contribution >= 4 is 11.7 Å². The van der Waals surface area contributed by atoms with Gasteiger partial charge >= 0.3 is 6.03 Å². The normalized spacial score (nSPS) is 18.2. The monoisotopic (exact) mass is 246 g/mol. The third-order valence-electron chi connectivity index (χ3n) is 3.64. The summed E-state index contributed by atoms with van der Waals surface area (Å²) in [5.74, 6) is 0.941. The van der Waals surface area contributed by atoms with Crippen LogP contribution in [0.2, 0.25) is 0 Å². The van der Waals surface area contributed by atoms with E-state index in [1.807, 2.05) is 18.2 Å². The van der Waals surface area contributed by atoms with E-state index >= 15 is 0 Å². The molecule has 1 heterocycles. The molecule has 4 nitrogen and oxygen atoms in total. The summed E-state index contributed by atoms with van der Waals surface area (Å²) in [5, 5.41) is 5.91. The maximum Gasteiger partial charge on any atom is 0.319 e. The van der Waals surface area contributed by atoms with E-state index in [4.69, 9.17) is 4.74 Å². The highest BCUT2D eigenvalue weighted by Crippen LogP contribution is 2.27. The zero-order chi connectivity index (χ0) is 12.4. The molecule has 0 aromatic heterocycles. The molecule has 0 spiro atoms. The molecule has 3 rings (SSSR count). The molecule has 1 saturated carbocycles. The fraction of sp³-hybridized carbons (Fsp3) is 0.500. The summed E-state index contributed by atoms with van der Waals surface area (Å²) in [6, 6.07) is 6.06. The number of amides is 2. The Morgan fingerprint density at radius 1 is 1.28 bits per heavy atom. The van der Waals surface area contributed by atoms with Gasteiger partial charge in [0.15, 0.2) is 0 Å². The predicted molar refractivity (Wildman–Crippen MR) is 70.1 cm³/mol. The summed E-state index contributed by atoms with van der Waals surface area (Å²) in [4.78, 5) is 11.8. The lowest BCUT2D eigenvalue weighted by Crippen LogP contribution is -2.36. The SMILES string of the molecule is O=C(Nc1ccc2c(c1)CCO2)NC1CCCC1. The molecule has 0 unspecified atom stereocenters. The number of urea groups is 1. The fourth-order valence-corrected chi connectivity index (χ4v) is 2.69. The summed E-state index contributed by atoms with van der Waals surface area (Å²) in [6.07, 6.45) is 5.58. The molecule has 1 fully saturated rings. The van der Waals surface area contributed by atoms with Crippen molar-refractivity contribution in [3.63, 3.8) is 0 Å². The number of rotatable bonds is 2. The second kappa shape index (κ2) is 4.88. The van der Waals surface area contributed by atoms with Gasteiger partial charge in [0, 0.05) is 18.2 Å². The van der Waals surface area contributed by atoms with Crippen LogP contribution in [-0.4, -0.2) is 18.7 Å². The van der Waals surface area contributed by atoms with Gasteiger partial charge in [-0.3, -0.25) is 0 Å². The van der Waals surface area contributed by atoms with Gasteiger partial charge in [-0.2, -0.15) is 0 Å². The van der Waals surface area contributed by atoms with Crippen molar-refractivity contribution in [1.82, 2.24) is 5.32 Å². The van der Waals surface area contributed by atoms with Gasteiger partial charge in [0.2, 0.25) is 0 Å². The number of fused-ring (bicyclic) bond motifs is 1. The molecular weight excluding hydrogens is 228 g/mol. The lowest BCUT2D eigenvalue weighted by atomic mass is 10.1. The van der Waals surface area contributed by atoms with Gasteiger partial charge in [-0.05, 0) is 36.6 Å². The van der Waals surface area contributed by atoms with Gasteiger partial charge in [-0.15, -0.1) is 0 Å². The minimum atomic E-state index is -0.0965. The average Bonchev–Trinajstić information content (AvgIpc) is 2.98. The van der Waals surface area contributed by atoms with E-state index in [1.165, 1.54) is 18.4 Å². The Morgan fingerprint density at radius 3 is 2.94 bits per heavy atom. The summed E-state index contributed by atoms with van der Waals surface area (Å²) in [7, 11) is 0. The van der Waals surface area contributed by atoms with Gasteiger partial charge in [0.05, 0.1) is 6.61 Å². The Hall–Kier alpha value is -1.71. The Kier molecular flexibility index (Phi) is 3.09. The first kappa shape index (κ1) is 11.4. The van der Waals surface area contributed by atoms with Gasteiger partial charge in [-0.25, -0.2) is 4.79 Å². The van der Waals surface area contributed by atoms with Crippen LogP contribution in [0.5, 0.6) is 5.75 Å². The van der Waals surface area contributed by atoms with Gasteiger partial charge in [0.1, 0.15) is 5.75 Å². The molecule has 2 amide bonds. The molecule has 96 valence electrons. The highest BCUT2D eigenvalue weighted by atomic mass is 16.5. The van der Waals surface area contributed by atoms with Gasteiger partial charge < -0.3 is 15.4 Å². The number of nitrogens with one attached hydrogen (secondary N) is 2. The first-order chi connectivity index (χ1) is 8.81. The number of hydrogen-bond donors (Lipinski definition) is 2. The first-order valence-corrected chi connectivity index (χ1v) is 6.64. The number of ether oxygens (including phenoxy) is 1. The van der Waals surface area contributed by atoms with Crippen molar-refractivity contribution in [2.24, 2.45) is 0 Å². The van der Waals surface area contributed by atoms with Crippen molar-refractivity contribution in [2.45, 2.75) is 38.1 Å². The van der Waals surface area contributed by atoms with Crippen LogP contribution < -0.4 is 15.4 Å². The molecule has 0 radical (unpaired) electrons. The number of anilines is 1. The molecule has 1 aromatic carbocycles. The molecule has 0 bridgehead atoms. The minimum absolute atomic E-state index is 0.0965. The molecule has 4 heteroatoms. The molecular formula is C14H18N2O2. The van der Waals surface area contributed by atoms with E-state index < -0.39 is 0 Å². The van der Waals surface area contributed by atoms with E-state index in [9.17, 15) is 4.79 Å². The quantitative estimate of drug-likeness (QED) is 0.843. The standard InChI is InChI=1S/C14H18N2O2/c17-14(15-11-3-1-2-4-11)16-12-5-6-13-10(9-12)7-8-18-13/h5-6,9,11H,1-4,7-8H2,(H2,15,16,17). The number of benzene rings is 1. The zero-order valence-electron chi connectivity index (χ0n) is 10.4. The molecule has 1 aromatic rings. The Labute approximate surface area is 107 Å². The first-order valence-electron chi connectivity index (χ1n) is 6.64. The van der Waals surface area contributed by atoms with Crippen molar-refractivity contribution < 1.29 is 9.53 Å². The van der Waals surface area contributed by atoms with Crippen LogP contribution in [0.25, 0.3) is 0 Å². The highest BCUT2D eigenvalue weighted by Gasteiger charge is 2.17. The van der Waals surface area contributed by atoms with E-state index in [0.717, 1.165) is 37.3 Å². The number of carbonyl (C=O) groups excluding carboxylic acids is 1. The van der Waals surface area contributed by atoms with E-state index in [1.54, 1.807) is 0 Å². The van der Waals surface area contributed by atoms with Crippen LogP contribution in [0.15, 0.2) is 18.2 Å². The second-order valence-corrected chi connectivity index (χ2v) is 5.00. The largest absolute Gasteiger partial charge is 0.493 e. The number of hydrogen-bond acceptors (Lipinski definition) is 2. The fourth-order valence-electron chi connectivity index (χ4n) is 2.69. The highest BCUT2D eigenvalue weighted by molar-refractivity contribution is 5.89. The summed E-state index contributed by atoms with van der Waals surface area (Å²) >= 11 is 0. The van der Waals surface area contributed by atoms with Gasteiger partial charge in [0.25, 0.3) is 0 Å². The Balaban J connectivity index is 1.60. The van der Waals surface area contributed by atoms with E-state index in [0.29, 0.717) is 6.04 Å². The van der Waals surface area contributed by atoms with Crippen molar-refractivity contribution in [3.8, 4) is 5.75 Å². The molecule has 1 aliphatic carbocycles. The zero-order valence-corrected chi connectivity index (χ0v) is 10.4. The molecule has 2 N–H and O–H groups in total. The van der Waals surface area contributed by atoms with Crippen LogP contribution in [-0.2, 0) is 6.42 Å². The topological polar surface area (TPSA) is 50.4 Å². The molecule has 2 aliphatic rings. The van der Waals surface area contributed by atoms with Crippen molar-refractivity contribution in [2.75, 3.05) is 11.9 Å². The lowest BCUT2D eigenvalue weighted by molar-refractivity contribution is 0.248. The number of carbonyl (C=O) groups is 1. The van der Waals surface area contributed by atoms with Crippen LogP contribution in [0, 0.1) is 0 Å².